The summed E-state index contributed by atoms with van der Waals surface area (Å²) >= 11 is 6.94. The lowest BCUT2D eigenvalue weighted by atomic mass is 10.0. The maximum Gasteiger partial charge on any atom is 0.355 e. The number of pyridine rings is 1. The Labute approximate surface area is 256 Å². The van der Waals surface area contributed by atoms with E-state index in [4.69, 9.17) is 22.3 Å². The second-order valence-electron chi connectivity index (χ2n) is 11.7. The maximum atomic E-state index is 14.2. The van der Waals surface area contributed by atoms with Crippen molar-refractivity contribution in [1.29, 1.82) is 0 Å². The van der Waals surface area contributed by atoms with Gasteiger partial charge in [-0.3, -0.25) is 4.79 Å². The number of fused-ring (bicyclic) bond motifs is 1. The topological polar surface area (TPSA) is 123 Å². The average molecular weight is 601 g/mol. The molecule has 4 aromatic rings. The highest BCUT2D eigenvalue weighted by atomic mass is 35.5. The van der Waals surface area contributed by atoms with Crippen LogP contribution in [0.3, 0.4) is 0 Å². The van der Waals surface area contributed by atoms with Crippen molar-refractivity contribution in [2.75, 3.05) is 30.3 Å². The van der Waals surface area contributed by atoms with E-state index in [0.29, 0.717) is 64.1 Å². The molecule has 0 unspecified atom stereocenters. The molecule has 1 atom stereocenters. The van der Waals surface area contributed by atoms with Crippen LogP contribution in [0.2, 0.25) is 5.02 Å². The fourth-order valence-electron chi connectivity index (χ4n) is 5.70. The highest BCUT2D eigenvalue weighted by molar-refractivity contribution is 6.34. The summed E-state index contributed by atoms with van der Waals surface area (Å²) < 4.78 is 1.52. The van der Waals surface area contributed by atoms with E-state index in [1.807, 2.05) is 64.6 Å². The number of aromatic nitrogens is 5. The van der Waals surface area contributed by atoms with E-state index >= 15 is 0 Å². The summed E-state index contributed by atoms with van der Waals surface area (Å²) in [5.74, 6) is 0.317. The van der Waals surface area contributed by atoms with Gasteiger partial charge in [-0.2, -0.15) is 4.98 Å². The third-order valence-corrected chi connectivity index (χ3v) is 8.13. The molecular formula is C32H37ClN8O2. The molecule has 43 heavy (non-hydrogen) atoms. The number of carbonyl (C=O) groups excluding carboxylic acids is 1. The summed E-state index contributed by atoms with van der Waals surface area (Å²) in [6, 6.07) is 7.37. The third-order valence-electron chi connectivity index (χ3n) is 7.85. The second-order valence-corrected chi connectivity index (χ2v) is 12.1. The van der Waals surface area contributed by atoms with Gasteiger partial charge in [0, 0.05) is 36.9 Å². The van der Waals surface area contributed by atoms with Gasteiger partial charge in [-0.05, 0) is 49.5 Å². The summed E-state index contributed by atoms with van der Waals surface area (Å²) in [6.07, 6.45) is 2.86. The lowest BCUT2D eigenvalue weighted by Gasteiger charge is -2.40. The van der Waals surface area contributed by atoms with E-state index in [2.05, 4.69) is 21.5 Å². The third kappa shape index (κ3) is 5.47. The number of benzene rings is 1. The van der Waals surface area contributed by atoms with Gasteiger partial charge in [0.2, 0.25) is 5.91 Å². The zero-order chi connectivity index (χ0) is 31.2. The smallest absolute Gasteiger partial charge is 0.355 e. The number of piperazine rings is 1. The number of nitrogens with two attached hydrogens (primary N) is 1. The highest BCUT2D eigenvalue weighted by Crippen LogP contribution is 2.37. The molecule has 4 heterocycles. The van der Waals surface area contributed by atoms with Gasteiger partial charge in [-0.25, -0.2) is 24.3 Å². The highest BCUT2D eigenvalue weighted by Gasteiger charge is 2.31. The van der Waals surface area contributed by atoms with Crippen LogP contribution in [0, 0.1) is 6.92 Å². The molecular weight excluding hydrogens is 564 g/mol. The lowest BCUT2D eigenvalue weighted by molar-refractivity contribution is -0.126. The van der Waals surface area contributed by atoms with Crippen LogP contribution in [0.1, 0.15) is 63.4 Å². The maximum absolute atomic E-state index is 14.2. The fourth-order valence-corrected chi connectivity index (χ4v) is 5.95. The Balaban J connectivity index is 1.85. The van der Waals surface area contributed by atoms with E-state index in [1.54, 1.807) is 11.0 Å². The summed E-state index contributed by atoms with van der Waals surface area (Å²) in [4.78, 5) is 49.2. The quantitative estimate of drug-likeness (QED) is 0.235. The zero-order valence-electron chi connectivity index (χ0n) is 25.4. The van der Waals surface area contributed by atoms with Crippen LogP contribution in [0.5, 0.6) is 0 Å². The molecule has 1 aromatic carbocycles. The number of hydrogen-bond donors (Lipinski definition) is 1. The van der Waals surface area contributed by atoms with Crippen LogP contribution < -0.4 is 16.3 Å². The van der Waals surface area contributed by atoms with Crippen molar-refractivity contribution in [3.05, 3.63) is 75.7 Å². The number of hydrogen-bond acceptors (Lipinski definition) is 8. The SMILES string of the molecule is C=CC(=O)N1CCN(c2nc(=O)n(-c3c(C(C)C)ncnc3C(C)C)c3nc(-c4ccc(C)cc4N)c(Cl)cc23)[C@@H](C)C1. The molecule has 1 saturated heterocycles. The van der Waals surface area contributed by atoms with Gasteiger partial charge in [0.15, 0.2) is 5.65 Å². The molecule has 0 aliphatic carbocycles. The predicted octanol–water partition coefficient (Wildman–Crippen LogP) is 5.25. The lowest BCUT2D eigenvalue weighted by Crippen LogP contribution is -2.54. The Hall–Kier alpha value is -4.31. The zero-order valence-corrected chi connectivity index (χ0v) is 26.2. The van der Waals surface area contributed by atoms with Gasteiger partial charge >= 0.3 is 5.69 Å². The number of anilines is 2. The minimum Gasteiger partial charge on any atom is -0.398 e. The van der Waals surface area contributed by atoms with Crippen molar-refractivity contribution in [3.63, 3.8) is 0 Å². The monoisotopic (exact) mass is 600 g/mol. The molecule has 0 radical (unpaired) electrons. The van der Waals surface area contributed by atoms with E-state index in [1.165, 1.54) is 17.0 Å². The van der Waals surface area contributed by atoms with Gasteiger partial charge in [-0.1, -0.05) is 58.0 Å². The molecule has 2 N–H and O–H groups in total. The molecule has 1 fully saturated rings. The van der Waals surface area contributed by atoms with Crippen LogP contribution in [0.25, 0.3) is 28.0 Å². The first-order valence-electron chi connectivity index (χ1n) is 14.5. The van der Waals surface area contributed by atoms with Crippen molar-refractivity contribution < 1.29 is 4.79 Å². The van der Waals surface area contributed by atoms with Crippen LogP contribution >= 0.6 is 11.6 Å². The van der Waals surface area contributed by atoms with Gasteiger partial charge < -0.3 is 15.5 Å². The predicted molar refractivity (Wildman–Crippen MR) is 172 cm³/mol. The first-order chi connectivity index (χ1) is 20.4. The number of aryl methyl sites for hydroxylation is 1. The minimum atomic E-state index is -0.504. The molecule has 0 spiro atoms. The average Bonchev–Trinajstić information content (AvgIpc) is 2.96. The number of nitrogens with zero attached hydrogens (tertiary/aromatic N) is 7. The molecule has 1 aliphatic rings. The van der Waals surface area contributed by atoms with Crippen molar-refractivity contribution in [2.24, 2.45) is 0 Å². The Morgan fingerprint density at radius 3 is 2.35 bits per heavy atom. The number of carbonyl (C=O) groups is 1. The summed E-state index contributed by atoms with van der Waals surface area (Å²) in [6.45, 7) is 17.1. The molecule has 0 saturated carbocycles. The minimum absolute atomic E-state index is 0.00728. The van der Waals surface area contributed by atoms with Crippen molar-refractivity contribution in [1.82, 2.24) is 29.4 Å². The van der Waals surface area contributed by atoms with Gasteiger partial charge in [0.25, 0.3) is 0 Å². The molecule has 1 amide bonds. The van der Waals surface area contributed by atoms with Gasteiger partial charge in [-0.15, -0.1) is 0 Å². The van der Waals surface area contributed by atoms with Crippen molar-refractivity contribution >= 4 is 40.0 Å². The van der Waals surface area contributed by atoms with Gasteiger partial charge in [0.05, 0.1) is 33.2 Å². The number of nitrogen functional groups attached to an aromatic ring is 1. The fraction of sp³-hybridized carbons (Fsp3) is 0.375. The molecule has 0 bridgehead atoms. The van der Waals surface area contributed by atoms with Crippen LogP contribution in [0.15, 0.2) is 48.0 Å². The number of rotatable bonds is 6. The number of amides is 1. The summed E-state index contributed by atoms with van der Waals surface area (Å²) in [7, 11) is 0. The molecule has 224 valence electrons. The van der Waals surface area contributed by atoms with E-state index in [-0.39, 0.29) is 23.8 Å². The van der Waals surface area contributed by atoms with E-state index in [9.17, 15) is 9.59 Å². The standard InChI is InChI=1S/C32H37ClN8O2/c1-8-25(42)39-11-12-40(20(7)15-39)30-22-14-23(33)28(21-10-9-19(6)13-24(21)34)37-31(22)41(32(43)38-30)29-26(17(2)3)35-16-36-27(29)18(4)5/h8-10,13-14,16-18,20H,1,11-12,15,34H2,2-7H3/t20-/m0/s1. The largest absolute Gasteiger partial charge is 0.398 e. The molecule has 1 aliphatic heterocycles. The van der Waals surface area contributed by atoms with Crippen molar-refractivity contribution in [2.45, 2.75) is 59.4 Å². The summed E-state index contributed by atoms with van der Waals surface area (Å²) in [5.41, 5.74) is 11.0. The Bertz CT molecular complexity index is 1770. The second kappa shape index (κ2) is 11.8. The Morgan fingerprint density at radius 1 is 1.09 bits per heavy atom. The summed E-state index contributed by atoms with van der Waals surface area (Å²) in [5, 5.41) is 0.976. The van der Waals surface area contributed by atoms with Gasteiger partial charge in [0.1, 0.15) is 12.1 Å². The molecule has 5 rings (SSSR count). The van der Waals surface area contributed by atoms with Crippen LogP contribution in [-0.4, -0.2) is 61.0 Å². The Morgan fingerprint density at radius 2 is 1.77 bits per heavy atom. The number of halogens is 1. The van der Waals surface area contributed by atoms with E-state index in [0.717, 1.165) is 17.0 Å². The van der Waals surface area contributed by atoms with Crippen LogP contribution in [0.4, 0.5) is 11.5 Å². The first-order valence-corrected chi connectivity index (χ1v) is 14.8. The van der Waals surface area contributed by atoms with Crippen LogP contribution in [-0.2, 0) is 4.79 Å². The molecule has 11 heteroatoms. The van der Waals surface area contributed by atoms with Crippen molar-refractivity contribution in [3.8, 4) is 16.9 Å². The Kier molecular flexibility index (Phi) is 8.25. The first kappa shape index (κ1) is 30.2. The molecule has 3 aromatic heterocycles. The molecule has 10 nitrogen and oxygen atoms in total. The van der Waals surface area contributed by atoms with E-state index < -0.39 is 5.69 Å². The normalized spacial score (nSPS) is 15.5.